The first-order valence-corrected chi connectivity index (χ1v) is 20.3. The first-order chi connectivity index (χ1) is 28.2. The fraction of sp³-hybridized carbons (Fsp3) is 0.354. The maximum Gasteiger partial charge on any atom is 0.404 e. The third-order valence-electron chi connectivity index (χ3n) is 11.0. The van der Waals surface area contributed by atoms with Crippen LogP contribution in [0.5, 0.6) is 0 Å². The number of aromatic nitrogens is 2. The number of hydrogen-bond acceptors (Lipinski definition) is 6. The lowest BCUT2D eigenvalue weighted by atomic mass is 9.80. The van der Waals surface area contributed by atoms with Crippen LogP contribution in [-0.4, -0.2) is 85.3 Å². The van der Waals surface area contributed by atoms with Crippen LogP contribution >= 0.6 is 0 Å². The van der Waals surface area contributed by atoms with Gasteiger partial charge < -0.3 is 30.6 Å². The molecule has 1 saturated heterocycles. The highest BCUT2D eigenvalue weighted by Crippen LogP contribution is 2.32. The Labute approximate surface area is 347 Å². The van der Waals surface area contributed by atoms with Crippen LogP contribution in [0, 0.1) is 19.3 Å². The van der Waals surface area contributed by atoms with Crippen LogP contribution in [0.15, 0.2) is 121 Å². The van der Waals surface area contributed by atoms with Crippen LogP contribution in [0.3, 0.4) is 0 Å². The van der Waals surface area contributed by atoms with Gasteiger partial charge in [-0.15, -0.1) is 0 Å². The van der Waals surface area contributed by atoms with Crippen molar-refractivity contribution < 1.29 is 24.6 Å². The van der Waals surface area contributed by atoms with E-state index in [1.165, 1.54) is 0 Å². The third kappa shape index (κ3) is 11.3. The van der Waals surface area contributed by atoms with E-state index in [0.29, 0.717) is 32.5 Å². The number of hydrogen-bond donors (Lipinski definition) is 4. The monoisotopic (exact) mass is 796 g/mol. The van der Waals surface area contributed by atoms with Gasteiger partial charge in [0.2, 0.25) is 5.91 Å². The van der Waals surface area contributed by atoms with Crippen LogP contribution in [0.2, 0.25) is 0 Å². The smallest absolute Gasteiger partial charge is 0.404 e. The second kappa shape index (κ2) is 19.1. The number of aliphatic hydroxyl groups is 1. The first kappa shape index (κ1) is 42.5. The van der Waals surface area contributed by atoms with E-state index in [2.05, 4.69) is 20.6 Å². The quantitative estimate of drug-likeness (QED) is 0.0806. The predicted molar refractivity (Wildman–Crippen MR) is 230 cm³/mol. The molecule has 5 aromatic rings. The summed E-state index contributed by atoms with van der Waals surface area (Å²) in [5.74, 6) is -0.800. The SMILES string of the molecule is Cc1ccc(-c2ccc(CC(C[C@H](O)[C@@H](NC(=O)[C@@H](N3CCN(Cc4cccc(C)n4)C3=O)C(C)(C)C)C(Cc3ccccc3)c3ccccc3)NC(=O)O)cc2)nc1. The summed E-state index contributed by atoms with van der Waals surface area (Å²) in [7, 11) is 0. The van der Waals surface area contributed by atoms with Crippen molar-refractivity contribution in [2.45, 2.75) is 90.6 Å². The molecule has 6 rings (SSSR count). The molecule has 59 heavy (non-hydrogen) atoms. The lowest BCUT2D eigenvalue weighted by molar-refractivity contribution is -0.130. The zero-order valence-electron chi connectivity index (χ0n) is 34.6. The van der Waals surface area contributed by atoms with Crippen LogP contribution in [0.1, 0.15) is 66.8 Å². The van der Waals surface area contributed by atoms with Gasteiger partial charge in [0, 0.05) is 42.5 Å². The summed E-state index contributed by atoms with van der Waals surface area (Å²) in [4.78, 5) is 53.6. The zero-order valence-corrected chi connectivity index (χ0v) is 34.6. The van der Waals surface area contributed by atoms with E-state index >= 15 is 0 Å². The molecule has 2 aromatic heterocycles. The van der Waals surface area contributed by atoms with Gasteiger partial charge in [0.15, 0.2) is 0 Å². The van der Waals surface area contributed by atoms with Crippen molar-refractivity contribution in [3.05, 3.63) is 155 Å². The van der Waals surface area contributed by atoms with Crippen LogP contribution < -0.4 is 10.6 Å². The standard InChI is InChI=1S/C48H56N6O5/c1-32-19-24-41(49-30-32)37-22-20-35(21-23-37)27-39(51-46(57)58)29-42(55)43(40(36-16-10-7-11-17-36)28-34-14-8-6-9-15-34)52-45(56)44(48(3,4)5)54-26-25-53(47(54)59)31-38-18-12-13-33(2)50-38/h6-24,30,39-40,42-44,51,55H,25-29,31H2,1-5H3,(H,52,56)(H,57,58)/t39?,40?,42-,43-,44+/m0/s1. The number of carbonyl (C=O) groups excluding carboxylic acids is 2. The van der Waals surface area contributed by atoms with Crippen LogP contribution in [0.4, 0.5) is 9.59 Å². The first-order valence-electron chi connectivity index (χ1n) is 20.3. The lowest BCUT2D eigenvalue weighted by Gasteiger charge is -2.40. The number of urea groups is 1. The number of nitrogens with one attached hydrogen (secondary N) is 2. The van der Waals surface area contributed by atoms with E-state index in [-0.39, 0.29) is 18.4 Å². The maximum absolute atomic E-state index is 14.9. The minimum atomic E-state index is -1.21. The minimum absolute atomic E-state index is 0.0107. The normalized spacial score (nSPS) is 15.6. The second-order valence-electron chi connectivity index (χ2n) is 16.7. The van der Waals surface area contributed by atoms with Crippen molar-refractivity contribution in [2.75, 3.05) is 13.1 Å². The van der Waals surface area contributed by atoms with Gasteiger partial charge in [-0.1, -0.05) is 118 Å². The molecule has 2 unspecified atom stereocenters. The number of amides is 4. The Bertz CT molecular complexity index is 2160. The van der Waals surface area contributed by atoms with E-state index < -0.39 is 41.7 Å². The van der Waals surface area contributed by atoms with Crippen molar-refractivity contribution in [3.63, 3.8) is 0 Å². The molecule has 308 valence electrons. The number of benzene rings is 3. The summed E-state index contributed by atoms with van der Waals surface area (Å²) in [5, 5.41) is 28.3. The molecule has 3 heterocycles. The fourth-order valence-corrected chi connectivity index (χ4v) is 8.14. The molecule has 5 atom stereocenters. The summed E-state index contributed by atoms with van der Waals surface area (Å²) in [6, 6.07) is 34.5. The molecular formula is C48H56N6O5. The van der Waals surface area contributed by atoms with Crippen molar-refractivity contribution >= 4 is 18.0 Å². The molecule has 0 aliphatic carbocycles. The summed E-state index contributed by atoms with van der Waals surface area (Å²) in [5.41, 5.74) is 6.59. The molecule has 4 amide bonds. The number of aliphatic hydroxyl groups excluding tert-OH is 1. The number of aryl methyl sites for hydroxylation is 2. The van der Waals surface area contributed by atoms with E-state index in [1.54, 1.807) is 9.80 Å². The van der Waals surface area contributed by atoms with E-state index in [9.17, 15) is 24.6 Å². The topological polar surface area (TPSA) is 148 Å². The molecule has 11 nitrogen and oxygen atoms in total. The molecule has 1 aliphatic rings. The number of carboxylic acid groups (broad SMARTS) is 1. The van der Waals surface area contributed by atoms with Gasteiger partial charge in [0.05, 0.1) is 30.1 Å². The van der Waals surface area contributed by atoms with Crippen LogP contribution in [0.25, 0.3) is 11.3 Å². The number of nitrogens with zero attached hydrogens (tertiary/aromatic N) is 4. The number of pyridine rings is 2. The molecular weight excluding hydrogens is 741 g/mol. The summed E-state index contributed by atoms with van der Waals surface area (Å²) in [6.07, 6.45) is 0.213. The molecule has 0 spiro atoms. The second-order valence-corrected chi connectivity index (χ2v) is 16.7. The van der Waals surface area contributed by atoms with Crippen molar-refractivity contribution in [3.8, 4) is 11.3 Å². The van der Waals surface area contributed by atoms with Crippen molar-refractivity contribution in [2.24, 2.45) is 5.41 Å². The molecule has 0 bridgehead atoms. The Morgan fingerprint density at radius 3 is 2.10 bits per heavy atom. The van der Waals surface area contributed by atoms with Gasteiger partial charge in [-0.05, 0) is 79.0 Å². The van der Waals surface area contributed by atoms with Gasteiger partial charge in [0.25, 0.3) is 0 Å². The average molecular weight is 797 g/mol. The fourth-order valence-electron chi connectivity index (χ4n) is 8.14. The Kier molecular flexibility index (Phi) is 13.8. The number of rotatable bonds is 16. The molecule has 1 fully saturated rings. The highest BCUT2D eigenvalue weighted by atomic mass is 16.4. The minimum Gasteiger partial charge on any atom is -0.465 e. The molecule has 1 aliphatic heterocycles. The van der Waals surface area contributed by atoms with E-state index in [0.717, 1.165) is 44.9 Å². The van der Waals surface area contributed by atoms with Gasteiger partial charge >= 0.3 is 12.1 Å². The maximum atomic E-state index is 14.9. The van der Waals surface area contributed by atoms with Crippen molar-refractivity contribution in [1.29, 1.82) is 0 Å². The average Bonchev–Trinajstić information content (AvgIpc) is 3.54. The molecule has 11 heteroatoms. The van der Waals surface area contributed by atoms with Crippen molar-refractivity contribution in [1.82, 2.24) is 30.4 Å². The van der Waals surface area contributed by atoms with E-state index in [1.807, 2.05) is 156 Å². The van der Waals surface area contributed by atoms with Gasteiger partial charge in [-0.2, -0.15) is 0 Å². The summed E-state index contributed by atoms with van der Waals surface area (Å²) in [6.45, 7) is 10.8. The Morgan fingerprint density at radius 1 is 0.797 bits per heavy atom. The third-order valence-corrected chi connectivity index (χ3v) is 11.0. The Balaban J connectivity index is 1.30. The lowest BCUT2D eigenvalue weighted by Crippen LogP contribution is -2.59. The molecule has 3 aromatic carbocycles. The summed E-state index contributed by atoms with van der Waals surface area (Å²) < 4.78 is 0. The molecule has 0 saturated carbocycles. The largest absolute Gasteiger partial charge is 0.465 e. The zero-order chi connectivity index (χ0) is 42.1. The predicted octanol–water partition coefficient (Wildman–Crippen LogP) is 7.55. The van der Waals surface area contributed by atoms with E-state index in [4.69, 9.17) is 0 Å². The van der Waals surface area contributed by atoms with Gasteiger partial charge in [-0.3, -0.25) is 14.8 Å². The summed E-state index contributed by atoms with van der Waals surface area (Å²) >= 11 is 0. The highest BCUT2D eigenvalue weighted by molar-refractivity contribution is 5.89. The highest BCUT2D eigenvalue weighted by Gasteiger charge is 2.45. The Morgan fingerprint density at radius 2 is 1.47 bits per heavy atom. The number of carbonyl (C=O) groups is 3. The van der Waals surface area contributed by atoms with Gasteiger partial charge in [-0.25, -0.2) is 9.59 Å². The van der Waals surface area contributed by atoms with Gasteiger partial charge in [0.1, 0.15) is 6.04 Å². The van der Waals surface area contributed by atoms with Crippen LogP contribution in [-0.2, 0) is 24.2 Å². The molecule has 4 N–H and O–H groups in total. The molecule has 0 radical (unpaired) electrons. The Hall–Kier alpha value is -6.07.